The maximum absolute atomic E-state index is 6.38. The molecule has 21 heavy (non-hydrogen) atoms. The van der Waals surface area contributed by atoms with Crippen molar-refractivity contribution in [3.8, 4) is 0 Å². The van der Waals surface area contributed by atoms with E-state index >= 15 is 0 Å². The van der Waals surface area contributed by atoms with Crippen molar-refractivity contribution in [2.75, 3.05) is 0 Å². The molecule has 0 aromatic heterocycles. The number of hydrogen-bond donors (Lipinski definition) is 0. The van der Waals surface area contributed by atoms with Crippen LogP contribution in [0.4, 0.5) is 0 Å². The molecule has 3 heteroatoms. The summed E-state index contributed by atoms with van der Waals surface area (Å²) in [5.74, 6) is 0. The second-order valence-corrected chi connectivity index (χ2v) is 7.27. The summed E-state index contributed by atoms with van der Waals surface area (Å²) in [5.41, 5.74) is 8.84. The standard InChI is InChI=1S/C18H19BrCl2/c1-9-10(2)12(4)16(13(5)11(9)3)18(19)17-14(20)7-6-8-15(17)21/h6-8,18H,1-5H3. The SMILES string of the molecule is Cc1c(C)c(C)c(C(Br)c2c(Cl)cccc2Cl)c(C)c1C. The Morgan fingerprint density at radius 1 is 0.714 bits per heavy atom. The molecule has 0 bridgehead atoms. The summed E-state index contributed by atoms with van der Waals surface area (Å²) in [5, 5.41) is 1.39. The Balaban J connectivity index is 2.73. The number of halogens is 3. The Morgan fingerprint density at radius 3 is 1.52 bits per heavy atom. The highest BCUT2D eigenvalue weighted by Crippen LogP contribution is 2.43. The first-order valence-corrected chi connectivity index (χ1v) is 8.59. The molecule has 2 aromatic rings. The van der Waals surface area contributed by atoms with E-state index in [0.29, 0.717) is 10.0 Å². The van der Waals surface area contributed by atoms with Crippen molar-refractivity contribution in [1.29, 1.82) is 0 Å². The van der Waals surface area contributed by atoms with Crippen molar-refractivity contribution in [3.05, 3.63) is 67.2 Å². The van der Waals surface area contributed by atoms with Crippen LogP contribution in [0.2, 0.25) is 10.0 Å². The van der Waals surface area contributed by atoms with Gasteiger partial charge >= 0.3 is 0 Å². The quantitative estimate of drug-likeness (QED) is 0.487. The van der Waals surface area contributed by atoms with Crippen molar-refractivity contribution < 1.29 is 0 Å². The fourth-order valence-corrected chi connectivity index (χ4v) is 4.87. The van der Waals surface area contributed by atoms with Crippen molar-refractivity contribution in [2.24, 2.45) is 0 Å². The van der Waals surface area contributed by atoms with E-state index in [4.69, 9.17) is 23.2 Å². The summed E-state index contributed by atoms with van der Waals surface area (Å²) in [6.45, 7) is 10.9. The summed E-state index contributed by atoms with van der Waals surface area (Å²) in [6.07, 6.45) is 0. The highest BCUT2D eigenvalue weighted by molar-refractivity contribution is 9.09. The second kappa shape index (κ2) is 6.32. The third-order valence-corrected chi connectivity index (χ3v) is 6.14. The van der Waals surface area contributed by atoms with Crippen LogP contribution < -0.4 is 0 Å². The lowest BCUT2D eigenvalue weighted by molar-refractivity contribution is 1.06. The zero-order valence-electron chi connectivity index (χ0n) is 12.9. The summed E-state index contributed by atoms with van der Waals surface area (Å²) < 4.78 is 0. The normalized spacial score (nSPS) is 12.6. The van der Waals surface area contributed by atoms with Gasteiger partial charge in [-0.3, -0.25) is 0 Å². The van der Waals surface area contributed by atoms with E-state index in [1.165, 1.54) is 33.4 Å². The summed E-state index contributed by atoms with van der Waals surface area (Å²) >= 11 is 16.6. The highest BCUT2D eigenvalue weighted by Gasteiger charge is 2.23. The van der Waals surface area contributed by atoms with Gasteiger partial charge in [-0.25, -0.2) is 0 Å². The van der Waals surface area contributed by atoms with Gasteiger partial charge in [0.05, 0.1) is 4.83 Å². The molecule has 1 unspecified atom stereocenters. The van der Waals surface area contributed by atoms with Gasteiger partial charge in [-0.05, 0) is 80.1 Å². The molecule has 0 saturated heterocycles. The fraction of sp³-hybridized carbons (Fsp3) is 0.333. The molecule has 0 heterocycles. The van der Waals surface area contributed by atoms with Crippen LogP contribution in [0.5, 0.6) is 0 Å². The molecular formula is C18H19BrCl2. The van der Waals surface area contributed by atoms with Crippen LogP contribution in [0.1, 0.15) is 43.8 Å². The number of alkyl halides is 1. The first-order chi connectivity index (χ1) is 9.77. The van der Waals surface area contributed by atoms with Crippen LogP contribution in [-0.2, 0) is 0 Å². The van der Waals surface area contributed by atoms with Gasteiger partial charge in [-0.2, -0.15) is 0 Å². The minimum absolute atomic E-state index is 0.00306. The summed E-state index contributed by atoms with van der Waals surface area (Å²) in [7, 11) is 0. The Kier molecular flexibility index (Phi) is 5.07. The van der Waals surface area contributed by atoms with E-state index in [2.05, 4.69) is 50.5 Å². The molecule has 0 spiro atoms. The van der Waals surface area contributed by atoms with Gasteiger partial charge in [0.1, 0.15) is 0 Å². The van der Waals surface area contributed by atoms with Crippen molar-refractivity contribution >= 4 is 39.1 Å². The Labute approximate surface area is 145 Å². The predicted octanol–water partition coefficient (Wildman–Crippen LogP) is 7.02. The van der Waals surface area contributed by atoms with Crippen LogP contribution in [0.3, 0.4) is 0 Å². The maximum Gasteiger partial charge on any atom is 0.0679 e. The summed E-state index contributed by atoms with van der Waals surface area (Å²) in [6, 6.07) is 5.64. The van der Waals surface area contributed by atoms with Gasteiger partial charge in [0.2, 0.25) is 0 Å². The molecule has 1 atom stereocenters. The minimum Gasteiger partial charge on any atom is -0.0839 e. The lowest BCUT2D eigenvalue weighted by Gasteiger charge is -2.23. The lowest BCUT2D eigenvalue weighted by atomic mass is 9.86. The fourth-order valence-electron chi connectivity index (χ4n) is 2.81. The van der Waals surface area contributed by atoms with Crippen LogP contribution in [-0.4, -0.2) is 0 Å². The zero-order chi connectivity index (χ0) is 15.9. The predicted molar refractivity (Wildman–Crippen MR) is 97.4 cm³/mol. The molecule has 0 saturated carbocycles. The van der Waals surface area contributed by atoms with Crippen LogP contribution in [0.25, 0.3) is 0 Å². The third kappa shape index (κ3) is 2.88. The van der Waals surface area contributed by atoms with Gasteiger partial charge in [0, 0.05) is 15.6 Å². The molecule has 0 N–H and O–H groups in total. The number of benzene rings is 2. The molecule has 112 valence electrons. The topological polar surface area (TPSA) is 0 Å². The molecule has 0 aliphatic carbocycles. The Bertz CT molecular complexity index is 656. The molecule has 2 aromatic carbocycles. The van der Waals surface area contributed by atoms with Gasteiger partial charge in [-0.1, -0.05) is 45.2 Å². The van der Waals surface area contributed by atoms with E-state index < -0.39 is 0 Å². The van der Waals surface area contributed by atoms with Crippen LogP contribution >= 0.6 is 39.1 Å². The number of hydrogen-bond acceptors (Lipinski definition) is 0. The van der Waals surface area contributed by atoms with Crippen molar-refractivity contribution in [1.82, 2.24) is 0 Å². The Morgan fingerprint density at radius 2 is 1.10 bits per heavy atom. The van der Waals surface area contributed by atoms with Gasteiger partial charge in [0.25, 0.3) is 0 Å². The van der Waals surface area contributed by atoms with Crippen molar-refractivity contribution in [2.45, 2.75) is 39.4 Å². The van der Waals surface area contributed by atoms with Gasteiger partial charge < -0.3 is 0 Å². The lowest BCUT2D eigenvalue weighted by Crippen LogP contribution is -2.06. The largest absolute Gasteiger partial charge is 0.0839 e. The van der Waals surface area contributed by atoms with Crippen LogP contribution in [0, 0.1) is 34.6 Å². The second-order valence-electron chi connectivity index (χ2n) is 5.54. The van der Waals surface area contributed by atoms with E-state index in [9.17, 15) is 0 Å². The van der Waals surface area contributed by atoms with Gasteiger partial charge in [-0.15, -0.1) is 0 Å². The Hall–Kier alpha value is -0.500. The molecule has 0 amide bonds. The first kappa shape index (κ1) is 16.9. The molecule has 0 radical (unpaired) electrons. The van der Waals surface area contributed by atoms with E-state index in [1.54, 1.807) is 0 Å². The zero-order valence-corrected chi connectivity index (χ0v) is 16.0. The number of rotatable bonds is 2. The smallest absolute Gasteiger partial charge is 0.0679 e. The summed E-state index contributed by atoms with van der Waals surface area (Å²) in [4.78, 5) is -0.00306. The van der Waals surface area contributed by atoms with Crippen molar-refractivity contribution in [3.63, 3.8) is 0 Å². The van der Waals surface area contributed by atoms with E-state index in [1.807, 2.05) is 18.2 Å². The maximum atomic E-state index is 6.38. The molecule has 0 nitrogen and oxygen atoms in total. The monoisotopic (exact) mass is 384 g/mol. The molecule has 2 rings (SSSR count). The molecule has 0 aliphatic rings. The van der Waals surface area contributed by atoms with E-state index in [-0.39, 0.29) is 4.83 Å². The average Bonchev–Trinajstić information content (AvgIpc) is 2.43. The highest BCUT2D eigenvalue weighted by atomic mass is 79.9. The average molecular weight is 386 g/mol. The third-order valence-electron chi connectivity index (χ3n) is 4.56. The van der Waals surface area contributed by atoms with Crippen LogP contribution in [0.15, 0.2) is 18.2 Å². The first-order valence-electron chi connectivity index (χ1n) is 6.92. The molecule has 0 fully saturated rings. The van der Waals surface area contributed by atoms with E-state index in [0.717, 1.165) is 5.56 Å². The molecular weight excluding hydrogens is 367 g/mol. The minimum atomic E-state index is -0.00306. The molecule has 0 aliphatic heterocycles. The van der Waals surface area contributed by atoms with Gasteiger partial charge in [0.15, 0.2) is 0 Å².